The van der Waals surface area contributed by atoms with Crippen molar-refractivity contribution in [1.82, 2.24) is 5.32 Å². The Bertz CT molecular complexity index is 197. The maximum atomic E-state index is 5.71. The summed E-state index contributed by atoms with van der Waals surface area (Å²) in [5, 5.41) is 3.27. The zero-order chi connectivity index (χ0) is 8.77. The molecule has 2 fully saturated rings. The predicted molar refractivity (Wildman–Crippen MR) is 44.7 cm³/mol. The van der Waals surface area contributed by atoms with Crippen LogP contribution >= 0.6 is 0 Å². The van der Waals surface area contributed by atoms with E-state index in [4.69, 9.17) is 15.2 Å². The minimum Gasteiger partial charge on any atom is -1.00 e. The van der Waals surface area contributed by atoms with E-state index in [1.165, 1.54) is 0 Å². The summed E-state index contributed by atoms with van der Waals surface area (Å²) >= 11 is 0. The van der Waals surface area contributed by atoms with Crippen LogP contribution in [0.3, 0.4) is 0 Å². The van der Waals surface area contributed by atoms with E-state index in [-0.39, 0.29) is 64.1 Å². The monoisotopic (exact) mass is 437 g/mol. The van der Waals surface area contributed by atoms with Gasteiger partial charge >= 0.3 is 21.1 Å². The van der Waals surface area contributed by atoms with E-state index in [0.29, 0.717) is 6.54 Å². The molecule has 0 aromatic rings. The molecular weight excluding hydrogens is 422 g/mol. The molecule has 2 rings (SSSR count). The Hall–Kier alpha value is 1.11. The largest absolute Gasteiger partial charge is 2.00 e. The van der Waals surface area contributed by atoms with Crippen LogP contribution in [0.2, 0.25) is 0 Å². The van der Waals surface area contributed by atoms with Gasteiger partial charge in [0.05, 0.1) is 0 Å². The minimum atomic E-state index is -0.426. The number of nitrogens with two attached hydrogens (primary N) is 1. The second-order valence-corrected chi connectivity index (χ2v) is 3.89. The molecule has 0 unspecified atom stereocenters. The van der Waals surface area contributed by atoms with Crippen LogP contribution in [0.15, 0.2) is 0 Å². The Morgan fingerprint density at radius 3 is 2.47 bits per heavy atom. The topological polar surface area (TPSA) is 56.5 Å². The number of hydrogen-bond acceptors (Lipinski definition) is 4. The Balaban J connectivity index is 0. The van der Waals surface area contributed by atoms with E-state index >= 15 is 0 Å². The third-order valence-corrected chi connectivity index (χ3v) is 2.45. The molecule has 0 saturated carbocycles. The number of ether oxygens (including phenoxy) is 2. The summed E-state index contributed by atoms with van der Waals surface area (Å²) in [6, 6.07) is 0.261. The van der Waals surface area contributed by atoms with Crippen LogP contribution in [0.5, 0.6) is 0 Å². The van der Waals surface area contributed by atoms with E-state index in [1.54, 1.807) is 0 Å². The zero-order valence-corrected chi connectivity index (χ0v) is 12.4. The van der Waals surface area contributed by atoms with Crippen LogP contribution in [0.1, 0.15) is 13.8 Å². The molecule has 0 aromatic carbocycles. The molecule has 2 aliphatic heterocycles. The molecule has 4 nitrogen and oxygen atoms in total. The van der Waals surface area contributed by atoms with Gasteiger partial charge in [0, 0.05) is 19.1 Å². The summed E-state index contributed by atoms with van der Waals surface area (Å²) in [5.41, 5.74) is 5.58. The summed E-state index contributed by atoms with van der Waals surface area (Å²) in [4.78, 5) is 0. The Morgan fingerprint density at radius 2 is 1.93 bits per heavy atom. The van der Waals surface area contributed by atoms with Crippen LogP contribution in [0.4, 0.5) is 0 Å². The van der Waals surface area contributed by atoms with Gasteiger partial charge in [-0.3, -0.25) is 0 Å². The first-order valence-electron chi connectivity index (χ1n) is 4.41. The SMILES string of the molecule is CC1(C)O[C@@H]2[C@H](CN)NC[C@@H]2O1.[Cl-].[Cl-].[Pt+2]. The zero-order valence-electron chi connectivity index (χ0n) is 8.61. The molecule has 0 aliphatic carbocycles. The van der Waals surface area contributed by atoms with Gasteiger partial charge in [0.2, 0.25) is 0 Å². The summed E-state index contributed by atoms with van der Waals surface area (Å²) in [6.45, 7) is 5.36. The van der Waals surface area contributed by atoms with Crippen LogP contribution in [-0.4, -0.2) is 37.1 Å². The van der Waals surface area contributed by atoms with Crippen molar-refractivity contribution < 1.29 is 55.4 Å². The van der Waals surface area contributed by atoms with Gasteiger partial charge in [-0.15, -0.1) is 0 Å². The average Bonchev–Trinajstić information content (AvgIpc) is 2.42. The maximum Gasteiger partial charge on any atom is 2.00 e. The van der Waals surface area contributed by atoms with Gasteiger partial charge in [0.25, 0.3) is 0 Å². The Kier molecular flexibility index (Phi) is 8.31. The van der Waals surface area contributed by atoms with E-state index in [2.05, 4.69) is 5.32 Å². The third-order valence-electron chi connectivity index (χ3n) is 2.45. The van der Waals surface area contributed by atoms with Crippen molar-refractivity contribution in [2.24, 2.45) is 5.73 Å². The summed E-state index contributed by atoms with van der Waals surface area (Å²) < 4.78 is 11.4. The standard InChI is InChI=1S/C8H16N2O2.2ClH.Pt/c1-8(2)11-6-4-10-5(3-9)7(6)12-8;;;/h5-7,10H,3-4,9H2,1-2H3;2*1H;/q;;;+2/p-2/t5-,6-,7+;;;/m0.../s1. The summed E-state index contributed by atoms with van der Waals surface area (Å²) in [5.74, 6) is -0.426. The van der Waals surface area contributed by atoms with E-state index in [9.17, 15) is 0 Å². The van der Waals surface area contributed by atoms with Gasteiger partial charge in [0.15, 0.2) is 5.79 Å². The average molecular weight is 438 g/mol. The minimum absolute atomic E-state index is 0. The first-order valence-corrected chi connectivity index (χ1v) is 4.41. The van der Waals surface area contributed by atoms with Gasteiger partial charge < -0.3 is 45.3 Å². The van der Waals surface area contributed by atoms with Gasteiger partial charge in [-0.1, -0.05) is 0 Å². The second kappa shape index (κ2) is 6.75. The summed E-state index contributed by atoms with van der Waals surface area (Å²) in [6.07, 6.45) is 0.332. The van der Waals surface area contributed by atoms with Crippen LogP contribution in [0.25, 0.3) is 0 Å². The van der Waals surface area contributed by atoms with Gasteiger partial charge in [-0.25, -0.2) is 0 Å². The van der Waals surface area contributed by atoms with E-state index in [0.717, 1.165) is 6.54 Å². The third kappa shape index (κ3) is 3.81. The molecule has 3 N–H and O–H groups in total. The van der Waals surface area contributed by atoms with Gasteiger partial charge in [0.1, 0.15) is 12.2 Å². The summed E-state index contributed by atoms with van der Waals surface area (Å²) in [7, 11) is 0. The molecule has 0 bridgehead atoms. The Morgan fingerprint density at radius 1 is 1.33 bits per heavy atom. The van der Waals surface area contributed by atoms with Gasteiger partial charge in [-0.2, -0.15) is 0 Å². The number of halogens is 2. The molecule has 15 heavy (non-hydrogen) atoms. The van der Waals surface area contributed by atoms with Crippen LogP contribution in [0, 0.1) is 0 Å². The first-order chi connectivity index (χ1) is 5.62. The molecule has 2 aliphatic rings. The van der Waals surface area contributed by atoms with E-state index < -0.39 is 5.79 Å². The van der Waals surface area contributed by atoms with Crippen molar-refractivity contribution in [2.45, 2.75) is 37.9 Å². The van der Waals surface area contributed by atoms with Crippen molar-refractivity contribution >= 4 is 0 Å². The Labute approximate surface area is 117 Å². The molecule has 94 valence electrons. The molecule has 3 atom stereocenters. The molecule has 2 heterocycles. The molecule has 0 radical (unpaired) electrons. The second-order valence-electron chi connectivity index (χ2n) is 3.89. The maximum absolute atomic E-state index is 5.71. The number of hydrogen-bond donors (Lipinski definition) is 2. The number of nitrogens with one attached hydrogen (secondary N) is 1. The molecule has 0 aromatic heterocycles. The van der Waals surface area contributed by atoms with Crippen molar-refractivity contribution in [3.05, 3.63) is 0 Å². The fourth-order valence-corrected chi connectivity index (χ4v) is 1.96. The van der Waals surface area contributed by atoms with Crippen LogP contribution < -0.4 is 35.9 Å². The van der Waals surface area contributed by atoms with Crippen molar-refractivity contribution in [3.63, 3.8) is 0 Å². The smallest absolute Gasteiger partial charge is 1.00 e. The van der Waals surface area contributed by atoms with Gasteiger partial charge in [-0.05, 0) is 13.8 Å². The van der Waals surface area contributed by atoms with Crippen molar-refractivity contribution in [2.75, 3.05) is 13.1 Å². The van der Waals surface area contributed by atoms with Crippen molar-refractivity contribution in [3.8, 4) is 0 Å². The quantitative estimate of drug-likeness (QED) is 0.428. The first kappa shape index (κ1) is 18.5. The predicted octanol–water partition coefficient (Wildman–Crippen LogP) is -6.56. The fraction of sp³-hybridized carbons (Fsp3) is 1.00. The molecular formula is C8H16Cl2N2O2Pt. The molecule has 0 amide bonds. The fourth-order valence-electron chi connectivity index (χ4n) is 1.96. The van der Waals surface area contributed by atoms with E-state index in [1.807, 2.05) is 13.8 Å². The molecule has 7 heteroatoms. The molecule has 0 spiro atoms. The normalized spacial score (nSPS) is 35.8. The van der Waals surface area contributed by atoms with Crippen molar-refractivity contribution in [1.29, 1.82) is 0 Å². The molecule has 2 saturated heterocycles. The number of fused-ring (bicyclic) bond motifs is 1. The number of rotatable bonds is 1. The van der Waals surface area contributed by atoms with Crippen LogP contribution in [-0.2, 0) is 30.5 Å².